The predicted octanol–water partition coefficient (Wildman–Crippen LogP) is 5.56. The minimum Gasteiger partial charge on any atom is -0.455 e. The number of rotatable bonds is 5. The van der Waals surface area contributed by atoms with Crippen LogP contribution >= 0.6 is 11.8 Å². The second kappa shape index (κ2) is 9.22. The lowest BCUT2D eigenvalue weighted by molar-refractivity contribution is -0.139. The minimum absolute atomic E-state index is 0.115. The van der Waals surface area contributed by atoms with Crippen molar-refractivity contribution in [1.29, 1.82) is 0 Å². The number of hydrogen-bond donors (Lipinski definition) is 4. The summed E-state index contributed by atoms with van der Waals surface area (Å²) in [6.45, 7) is 0. The maximum absolute atomic E-state index is 14.1. The van der Waals surface area contributed by atoms with Crippen LogP contribution in [0.25, 0.3) is 0 Å². The molecule has 32 heavy (non-hydrogen) atoms. The zero-order chi connectivity index (χ0) is 23.5. The van der Waals surface area contributed by atoms with E-state index in [0.717, 1.165) is 12.1 Å². The summed E-state index contributed by atoms with van der Waals surface area (Å²) in [7, 11) is 0. The summed E-state index contributed by atoms with van der Waals surface area (Å²) in [4.78, 5) is 16.7. The summed E-state index contributed by atoms with van der Waals surface area (Å²) in [5.74, 6) is -0.771. The molecule has 7 nitrogen and oxygen atoms in total. The molecule has 0 fully saturated rings. The lowest BCUT2D eigenvalue weighted by atomic mass is 10.2. The van der Waals surface area contributed by atoms with E-state index >= 15 is 0 Å². The van der Waals surface area contributed by atoms with Gasteiger partial charge in [0.1, 0.15) is 17.3 Å². The highest BCUT2D eigenvalue weighted by molar-refractivity contribution is 7.98. The quantitative estimate of drug-likeness (QED) is 0.288. The Morgan fingerprint density at radius 2 is 1.81 bits per heavy atom. The minimum atomic E-state index is -4.89. The largest absolute Gasteiger partial charge is 0.455 e. The average Bonchev–Trinajstić information content (AvgIpc) is 2.73. The van der Waals surface area contributed by atoms with Gasteiger partial charge in [-0.15, -0.1) is 11.8 Å². The van der Waals surface area contributed by atoms with Gasteiger partial charge in [-0.25, -0.2) is 14.2 Å². The van der Waals surface area contributed by atoms with Crippen LogP contribution in [0, 0.1) is 5.82 Å². The van der Waals surface area contributed by atoms with E-state index in [4.69, 9.17) is 16.2 Å². The first-order chi connectivity index (χ1) is 15.1. The van der Waals surface area contributed by atoms with Crippen LogP contribution in [0.2, 0.25) is 0 Å². The molecule has 0 saturated heterocycles. The molecule has 0 aliphatic heterocycles. The fourth-order valence-electron chi connectivity index (χ4n) is 2.65. The number of ether oxygens (including phenoxy) is 1. The molecular weight excluding hydrogens is 450 g/mol. The number of halogens is 4. The van der Waals surface area contributed by atoms with Crippen molar-refractivity contribution in [3.63, 3.8) is 0 Å². The molecule has 3 rings (SSSR count). The van der Waals surface area contributed by atoms with Crippen molar-refractivity contribution in [2.45, 2.75) is 11.1 Å². The number of carbonyl (C=O) groups is 1. The fraction of sp³-hybridized carbons (Fsp3) is 0.100. The van der Waals surface area contributed by atoms with Gasteiger partial charge in [0.15, 0.2) is 11.6 Å². The molecule has 12 heteroatoms. The van der Waals surface area contributed by atoms with Gasteiger partial charge in [0.25, 0.3) is 0 Å². The third-order valence-electron chi connectivity index (χ3n) is 4.18. The second-order valence-electron chi connectivity index (χ2n) is 6.32. The molecule has 0 spiro atoms. The summed E-state index contributed by atoms with van der Waals surface area (Å²) in [5, 5.41) is 4.57. The van der Waals surface area contributed by atoms with Crippen LogP contribution in [0.15, 0.2) is 53.6 Å². The van der Waals surface area contributed by atoms with Crippen LogP contribution in [0.5, 0.6) is 11.5 Å². The van der Waals surface area contributed by atoms with Gasteiger partial charge in [-0.05, 0) is 36.6 Å². The summed E-state index contributed by atoms with van der Waals surface area (Å²) in [6.07, 6.45) is -1.71. The first-order valence-corrected chi connectivity index (χ1v) is 10.1. The number of pyridine rings is 1. The van der Waals surface area contributed by atoms with E-state index in [1.807, 2.05) is 0 Å². The monoisotopic (exact) mass is 467 g/mol. The van der Waals surface area contributed by atoms with Crippen molar-refractivity contribution < 1.29 is 27.1 Å². The van der Waals surface area contributed by atoms with Crippen LogP contribution in [0.4, 0.5) is 45.2 Å². The molecular formula is C20H17F4N5O2S. The molecule has 2 amide bonds. The molecule has 3 aromatic rings. The maximum atomic E-state index is 14.1. The van der Waals surface area contributed by atoms with Gasteiger partial charge in [-0.3, -0.25) is 0 Å². The molecule has 0 bridgehead atoms. The van der Waals surface area contributed by atoms with Crippen LogP contribution in [-0.2, 0) is 6.18 Å². The first-order valence-electron chi connectivity index (χ1n) is 8.89. The average molecular weight is 467 g/mol. The number of amides is 2. The van der Waals surface area contributed by atoms with E-state index in [2.05, 4.69) is 15.6 Å². The highest BCUT2D eigenvalue weighted by Crippen LogP contribution is 2.36. The Hall–Kier alpha value is -3.67. The van der Waals surface area contributed by atoms with Crippen molar-refractivity contribution in [3.8, 4) is 11.5 Å². The van der Waals surface area contributed by atoms with Crippen molar-refractivity contribution >= 4 is 40.7 Å². The normalized spacial score (nSPS) is 11.2. The molecule has 168 valence electrons. The van der Waals surface area contributed by atoms with Gasteiger partial charge in [-0.1, -0.05) is 6.07 Å². The highest BCUT2D eigenvalue weighted by Gasteiger charge is 2.35. The number of benzene rings is 2. The third-order valence-corrected chi connectivity index (χ3v) is 4.96. The number of alkyl halides is 3. The number of carbonyl (C=O) groups excluding carboxylic acids is 1. The number of nitrogens with zero attached hydrogens (tertiary/aromatic N) is 1. The van der Waals surface area contributed by atoms with Gasteiger partial charge in [0.05, 0.1) is 16.9 Å². The number of thioether (sulfide) groups is 1. The van der Waals surface area contributed by atoms with Crippen molar-refractivity contribution in [3.05, 3.63) is 60.0 Å². The number of nitrogens with one attached hydrogen (secondary N) is 2. The van der Waals surface area contributed by atoms with E-state index in [1.165, 1.54) is 36.2 Å². The van der Waals surface area contributed by atoms with Crippen LogP contribution in [0.1, 0.15) is 5.56 Å². The van der Waals surface area contributed by atoms with Gasteiger partial charge >= 0.3 is 12.2 Å². The van der Waals surface area contributed by atoms with Gasteiger partial charge in [-0.2, -0.15) is 13.2 Å². The lowest BCUT2D eigenvalue weighted by Crippen LogP contribution is -2.21. The predicted molar refractivity (Wildman–Crippen MR) is 115 cm³/mol. The third kappa shape index (κ3) is 5.14. The number of hydrogen-bond acceptors (Lipinski definition) is 6. The summed E-state index contributed by atoms with van der Waals surface area (Å²) >= 11 is 1.27. The molecule has 2 aromatic carbocycles. The van der Waals surface area contributed by atoms with E-state index in [1.54, 1.807) is 12.3 Å². The zero-order valence-corrected chi connectivity index (χ0v) is 17.3. The second-order valence-corrected chi connectivity index (χ2v) is 7.16. The van der Waals surface area contributed by atoms with Crippen molar-refractivity contribution in [2.24, 2.45) is 0 Å². The van der Waals surface area contributed by atoms with E-state index in [9.17, 15) is 22.4 Å². The lowest BCUT2D eigenvalue weighted by Gasteiger charge is -2.15. The van der Waals surface area contributed by atoms with E-state index in [0.29, 0.717) is 28.1 Å². The molecule has 1 heterocycles. The maximum Gasteiger partial charge on any atom is 0.419 e. The number of nitrogens with two attached hydrogens (primary N) is 2. The molecule has 0 unspecified atom stereocenters. The van der Waals surface area contributed by atoms with E-state index < -0.39 is 29.3 Å². The van der Waals surface area contributed by atoms with Crippen molar-refractivity contribution in [1.82, 2.24) is 4.98 Å². The fourth-order valence-corrected chi connectivity index (χ4v) is 3.22. The first kappa shape index (κ1) is 23.0. The Labute approximate surface area is 184 Å². The SMILES string of the molecule is CSc1cc(Oc2ccnc(N)c2N)ccc1NC(=O)Nc1cccc(C(F)(F)F)c1F. The van der Waals surface area contributed by atoms with Crippen LogP contribution in [-0.4, -0.2) is 17.3 Å². The molecule has 1 aromatic heterocycles. The van der Waals surface area contributed by atoms with Gasteiger partial charge in [0, 0.05) is 17.2 Å². The summed E-state index contributed by atoms with van der Waals surface area (Å²) in [5.41, 5.74) is 9.91. The Bertz CT molecular complexity index is 1160. The number of urea groups is 1. The summed E-state index contributed by atoms with van der Waals surface area (Å²) < 4.78 is 58.4. The molecule has 0 aliphatic carbocycles. The Morgan fingerprint density at radius 1 is 1.09 bits per heavy atom. The summed E-state index contributed by atoms with van der Waals surface area (Å²) in [6, 6.07) is 7.90. The van der Waals surface area contributed by atoms with E-state index in [-0.39, 0.29) is 11.5 Å². The zero-order valence-electron chi connectivity index (χ0n) is 16.5. The topological polar surface area (TPSA) is 115 Å². The highest BCUT2D eigenvalue weighted by atomic mass is 32.2. The van der Waals surface area contributed by atoms with Gasteiger partial charge in [0.2, 0.25) is 0 Å². The molecule has 0 saturated carbocycles. The molecule has 0 radical (unpaired) electrons. The number of aromatic nitrogens is 1. The smallest absolute Gasteiger partial charge is 0.419 e. The van der Waals surface area contributed by atoms with Crippen molar-refractivity contribution in [2.75, 3.05) is 28.4 Å². The van der Waals surface area contributed by atoms with Crippen LogP contribution in [0.3, 0.4) is 0 Å². The van der Waals surface area contributed by atoms with Gasteiger partial charge < -0.3 is 26.8 Å². The number of nitrogen functional groups attached to an aromatic ring is 2. The Balaban J connectivity index is 1.76. The number of anilines is 4. The molecule has 0 aliphatic rings. The standard InChI is InChI=1S/C20H17F4N5O2S/c1-32-15-9-10(31-14-7-8-27-18(26)17(14)25)5-6-12(15)28-19(30)29-13-4-2-3-11(16(13)21)20(22,23)24/h2-9H,25H2,1H3,(H2,26,27)(H2,28,29,30). The van der Waals surface area contributed by atoms with Crippen LogP contribution < -0.4 is 26.8 Å². The Morgan fingerprint density at radius 3 is 2.50 bits per heavy atom. The molecule has 6 N–H and O–H groups in total. The Kier molecular flexibility index (Phi) is 6.63. The molecule has 0 atom stereocenters.